The Kier molecular flexibility index (Phi) is 5.43. The van der Waals surface area contributed by atoms with E-state index in [-0.39, 0.29) is 11.8 Å². The molecule has 28 heavy (non-hydrogen) atoms. The quantitative estimate of drug-likeness (QED) is 0.658. The molecular weight excluding hydrogens is 354 g/mol. The molecule has 0 N–H and O–H groups in total. The first-order valence-corrected chi connectivity index (χ1v) is 9.86. The minimum atomic E-state index is 0.156. The monoisotopic (exact) mass is 381 g/mol. The summed E-state index contributed by atoms with van der Waals surface area (Å²) < 4.78 is 9.37. The number of nitrogens with zero attached hydrogens (tertiary/aromatic N) is 5. The summed E-state index contributed by atoms with van der Waals surface area (Å²) in [6.07, 6.45) is 10.1. The van der Waals surface area contributed by atoms with Crippen molar-refractivity contribution in [1.82, 2.24) is 23.8 Å². The SMILES string of the molecule is COCCn1ccnc1[C@H]1CCCN(C(=O)Cc2cnc3c(C)cccn23)C1. The number of pyridine rings is 1. The number of carbonyl (C=O) groups is 1. The van der Waals surface area contributed by atoms with Gasteiger partial charge in [-0.05, 0) is 31.4 Å². The second kappa shape index (κ2) is 8.14. The summed E-state index contributed by atoms with van der Waals surface area (Å²) in [7, 11) is 1.71. The van der Waals surface area contributed by atoms with Crippen molar-refractivity contribution in [1.29, 1.82) is 0 Å². The van der Waals surface area contributed by atoms with Crippen molar-refractivity contribution in [2.45, 2.75) is 38.6 Å². The minimum Gasteiger partial charge on any atom is -0.383 e. The van der Waals surface area contributed by atoms with Crippen LogP contribution in [0.15, 0.2) is 36.9 Å². The first-order valence-electron chi connectivity index (χ1n) is 9.86. The van der Waals surface area contributed by atoms with Crippen LogP contribution in [-0.4, -0.2) is 56.5 Å². The fraction of sp³-hybridized carbons (Fsp3) is 0.476. The molecule has 4 heterocycles. The summed E-state index contributed by atoms with van der Waals surface area (Å²) in [6, 6.07) is 4.03. The average molecular weight is 381 g/mol. The number of aryl methyl sites for hydroxylation is 1. The van der Waals surface area contributed by atoms with E-state index in [1.165, 1.54) is 0 Å². The van der Waals surface area contributed by atoms with Gasteiger partial charge in [-0.25, -0.2) is 9.97 Å². The number of fused-ring (bicyclic) bond motifs is 1. The highest BCUT2D eigenvalue weighted by Gasteiger charge is 2.27. The predicted octanol–water partition coefficient (Wildman–Crippen LogP) is 2.43. The number of rotatable bonds is 6. The molecule has 1 saturated heterocycles. The Labute approximate surface area is 165 Å². The van der Waals surface area contributed by atoms with Gasteiger partial charge in [-0.2, -0.15) is 0 Å². The van der Waals surface area contributed by atoms with Gasteiger partial charge in [0.15, 0.2) is 0 Å². The van der Waals surface area contributed by atoms with Crippen molar-refractivity contribution in [3.8, 4) is 0 Å². The number of imidazole rings is 2. The van der Waals surface area contributed by atoms with Crippen LogP contribution in [0.25, 0.3) is 5.65 Å². The number of hydrogen-bond donors (Lipinski definition) is 0. The molecule has 7 nitrogen and oxygen atoms in total. The number of hydrogen-bond acceptors (Lipinski definition) is 4. The van der Waals surface area contributed by atoms with E-state index in [0.29, 0.717) is 13.0 Å². The van der Waals surface area contributed by atoms with Crippen molar-refractivity contribution in [3.05, 3.63) is 54.0 Å². The van der Waals surface area contributed by atoms with Crippen molar-refractivity contribution >= 4 is 11.6 Å². The molecule has 1 amide bonds. The van der Waals surface area contributed by atoms with Crippen LogP contribution in [0, 0.1) is 6.92 Å². The molecule has 4 rings (SSSR count). The van der Waals surface area contributed by atoms with Gasteiger partial charge in [-0.15, -0.1) is 0 Å². The average Bonchev–Trinajstić information content (AvgIpc) is 3.34. The van der Waals surface area contributed by atoms with Gasteiger partial charge in [0, 0.05) is 57.4 Å². The van der Waals surface area contributed by atoms with Crippen LogP contribution in [0.1, 0.15) is 35.8 Å². The number of methoxy groups -OCH3 is 1. The summed E-state index contributed by atoms with van der Waals surface area (Å²) >= 11 is 0. The zero-order valence-corrected chi connectivity index (χ0v) is 16.5. The molecule has 1 aliphatic rings. The fourth-order valence-corrected chi connectivity index (χ4v) is 4.07. The second-order valence-corrected chi connectivity index (χ2v) is 7.46. The summed E-state index contributed by atoms with van der Waals surface area (Å²) in [6.45, 7) is 5.02. The first-order chi connectivity index (χ1) is 13.7. The predicted molar refractivity (Wildman–Crippen MR) is 106 cm³/mol. The Balaban J connectivity index is 1.46. The number of likely N-dealkylation sites (tertiary alicyclic amines) is 1. The Morgan fingerprint density at radius 2 is 2.21 bits per heavy atom. The van der Waals surface area contributed by atoms with Crippen molar-refractivity contribution in [2.24, 2.45) is 0 Å². The van der Waals surface area contributed by atoms with E-state index < -0.39 is 0 Å². The maximum absolute atomic E-state index is 13.0. The van der Waals surface area contributed by atoms with Gasteiger partial charge in [-0.1, -0.05) is 6.07 Å². The van der Waals surface area contributed by atoms with E-state index in [9.17, 15) is 4.79 Å². The van der Waals surface area contributed by atoms with Gasteiger partial charge in [0.2, 0.25) is 5.91 Å². The van der Waals surface area contributed by atoms with E-state index in [4.69, 9.17) is 4.74 Å². The van der Waals surface area contributed by atoms with Crippen molar-refractivity contribution in [3.63, 3.8) is 0 Å². The molecule has 1 atom stereocenters. The Morgan fingerprint density at radius 1 is 1.32 bits per heavy atom. The van der Waals surface area contributed by atoms with Crippen LogP contribution in [0.2, 0.25) is 0 Å². The van der Waals surface area contributed by atoms with Gasteiger partial charge in [-0.3, -0.25) is 4.79 Å². The highest BCUT2D eigenvalue weighted by atomic mass is 16.5. The molecule has 0 spiro atoms. The zero-order valence-electron chi connectivity index (χ0n) is 16.5. The lowest BCUT2D eigenvalue weighted by Gasteiger charge is -2.32. The van der Waals surface area contributed by atoms with E-state index in [0.717, 1.165) is 55.2 Å². The molecule has 1 aliphatic heterocycles. The van der Waals surface area contributed by atoms with Crippen LogP contribution in [0.5, 0.6) is 0 Å². The van der Waals surface area contributed by atoms with Gasteiger partial charge in [0.25, 0.3) is 0 Å². The molecule has 0 aromatic carbocycles. The molecule has 0 saturated carbocycles. The third kappa shape index (κ3) is 3.67. The van der Waals surface area contributed by atoms with Gasteiger partial charge in [0.05, 0.1) is 18.7 Å². The third-order valence-corrected chi connectivity index (χ3v) is 5.56. The first kappa shape index (κ1) is 18.7. The molecule has 148 valence electrons. The van der Waals surface area contributed by atoms with E-state index >= 15 is 0 Å². The maximum Gasteiger partial charge on any atom is 0.228 e. The van der Waals surface area contributed by atoms with E-state index in [1.807, 2.05) is 53.1 Å². The second-order valence-electron chi connectivity index (χ2n) is 7.46. The van der Waals surface area contributed by atoms with Crippen LogP contribution >= 0.6 is 0 Å². The standard InChI is InChI=1S/C21H27N5O2/c1-16-5-3-9-26-18(14-23-20(16)26)13-19(27)25-8-4-6-17(15-25)21-22-7-10-24(21)11-12-28-2/h3,5,7,9-10,14,17H,4,6,8,11-13,15H2,1-2H3/t17-/m0/s1. The molecule has 0 bridgehead atoms. The highest BCUT2D eigenvalue weighted by molar-refractivity contribution is 5.79. The lowest BCUT2D eigenvalue weighted by atomic mass is 9.96. The van der Waals surface area contributed by atoms with Crippen molar-refractivity contribution < 1.29 is 9.53 Å². The minimum absolute atomic E-state index is 0.156. The van der Waals surface area contributed by atoms with Gasteiger partial charge in [0.1, 0.15) is 11.5 Å². The Bertz CT molecular complexity index is 961. The third-order valence-electron chi connectivity index (χ3n) is 5.56. The van der Waals surface area contributed by atoms with Crippen molar-refractivity contribution in [2.75, 3.05) is 26.8 Å². The molecular formula is C21H27N5O2. The normalized spacial score (nSPS) is 17.4. The number of amides is 1. The summed E-state index contributed by atoms with van der Waals surface area (Å²) in [5, 5.41) is 0. The number of ether oxygens (including phenoxy) is 1. The molecule has 0 unspecified atom stereocenters. The molecule has 7 heteroatoms. The Morgan fingerprint density at radius 3 is 3.07 bits per heavy atom. The smallest absolute Gasteiger partial charge is 0.228 e. The molecule has 0 radical (unpaired) electrons. The van der Waals surface area contributed by atoms with Gasteiger partial charge < -0.3 is 18.6 Å². The number of carbonyl (C=O) groups excluding carboxylic acids is 1. The topological polar surface area (TPSA) is 64.7 Å². The zero-order chi connectivity index (χ0) is 19.5. The van der Waals surface area contributed by atoms with Gasteiger partial charge >= 0.3 is 0 Å². The molecule has 3 aromatic rings. The molecule has 1 fully saturated rings. The number of piperidine rings is 1. The van der Waals surface area contributed by atoms with Crippen LogP contribution < -0.4 is 0 Å². The molecule has 0 aliphatic carbocycles. The van der Waals surface area contributed by atoms with E-state index in [1.54, 1.807) is 7.11 Å². The number of aromatic nitrogens is 4. The van der Waals surface area contributed by atoms with Crippen LogP contribution in [0.4, 0.5) is 0 Å². The summed E-state index contributed by atoms with van der Waals surface area (Å²) in [5.41, 5.74) is 2.97. The summed E-state index contributed by atoms with van der Waals surface area (Å²) in [4.78, 5) is 24.0. The largest absolute Gasteiger partial charge is 0.383 e. The highest BCUT2D eigenvalue weighted by Crippen LogP contribution is 2.26. The fourth-order valence-electron chi connectivity index (χ4n) is 4.07. The van der Waals surface area contributed by atoms with Crippen LogP contribution in [0.3, 0.4) is 0 Å². The molecule has 3 aromatic heterocycles. The van der Waals surface area contributed by atoms with Crippen LogP contribution in [-0.2, 0) is 22.5 Å². The Hall–Kier alpha value is -2.67. The summed E-state index contributed by atoms with van der Waals surface area (Å²) in [5.74, 6) is 1.48. The lowest BCUT2D eigenvalue weighted by Crippen LogP contribution is -2.40. The lowest BCUT2D eigenvalue weighted by molar-refractivity contribution is -0.131. The van der Waals surface area contributed by atoms with E-state index in [2.05, 4.69) is 14.5 Å². The maximum atomic E-state index is 13.0.